The Morgan fingerprint density at radius 3 is 1.71 bits per heavy atom. The fourth-order valence-electron chi connectivity index (χ4n) is 10.3. The van der Waals surface area contributed by atoms with E-state index in [2.05, 4.69) is 231 Å². The lowest BCUT2D eigenvalue weighted by Crippen LogP contribution is -2.62. The van der Waals surface area contributed by atoms with Crippen LogP contribution in [0, 0.1) is 0 Å². The largest absolute Gasteiger partial charge is 0.453 e. The number of hydrogen-bond acceptors (Lipinski definition) is 3. The van der Waals surface area contributed by atoms with Gasteiger partial charge in [0.05, 0.1) is 22.4 Å². The first-order valence-corrected chi connectivity index (χ1v) is 22.8. The summed E-state index contributed by atoms with van der Waals surface area (Å²) in [6.07, 6.45) is 0. The molecule has 11 rings (SSSR count). The molecule has 0 amide bonds. The van der Waals surface area contributed by atoms with E-state index in [1.165, 1.54) is 77.7 Å². The Balaban J connectivity index is 1.27. The fourth-order valence-corrected chi connectivity index (χ4v) is 10.3. The molecule has 0 saturated carbocycles. The lowest BCUT2D eigenvalue weighted by molar-refractivity contribution is 0.475. The molecule has 1 aromatic heterocycles. The number of anilines is 5. The third-order valence-corrected chi connectivity index (χ3v) is 13.9. The number of fused-ring (bicyclic) bond motifs is 9. The summed E-state index contributed by atoms with van der Waals surface area (Å²) in [4.78, 5) is 5.24. The van der Waals surface area contributed by atoms with Gasteiger partial charge in [-0.25, -0.2) is 0 Å². The quantitative estimate of drug-likeness (QED) is 0.162. The van der Waals surface area contributed by atoms with Gasteiger partial charge in [-0.1, -0.05) is 150 Å². The van der Waals surface area contributed by atoms with Crippen molar-refractivity contribution >= 4 is 68.0 Å². The van der Waals surface area contributed by atoms with Crippen molar-refractivity contribution in [3.8, 4) is 28.3 Å². The highest BCUT2D eigenvalue weighted by molar-refractivity contribution is 6.93. The number of aromatic nitrogens is 1. The minimum atomic E-state index is -0.118. The molecule has 0 N–H and O–H groups in total. The van der Waals surface area contributed by atoms with Crippen LogP contribution < -0.4 is 25.4 Å². The second-order valence-electron chi connectivity index (χ2n) is 22.4. The molecule has 0 atom stereocenters. The summed E-state index contributed by atoms with van der Waals surface area (Å²) < 4.78 is 9.72. The van der Waals surface area contributed by atoms with Crippen LogP contribution in [-0.2, 0) is 21.7 Å². The van der Waals surface area contributed by atoms with Gasteiger partial charge >= 0.3 is 6.85 Å². The van der Waals surface area contributed by atoms with Crippen molar-refractivity contribution in [3.63, 3.8) is 0 Å². The molecule has 0 fully saturated rings. The van der Waals surface area contributed by atoms with Crippen molar-refractivity contribution in [2.75, 3.05) is 9.71 Å². The molecule has 0 radical (unpaired) electrons. The smallest absolute Gasteiger partial charge is 0.333 e. The van der Waals surface area contributed by atoms with Crippen LogP contribution in [-0.4, -0.2) is 11.4 Å². The summed E-state index contributed by atoms with van der Waals surface area (Å²) in [5, 5.41) is 2.44. The van der Waals surface area contributed by atoms with Crippen molar-refractivity contribution in [2.45, 2.75) is 105 Å². The maximum absolute atomic E-state index is 7.32. The molecule has 5 heteroatoms. The van der Waals surface area contributed by atoms with Crippen molar-refractivity contribution < 1.29 is 4.74 Å². The number of benzene rings is 7. The van der Waals surface area contributed by atoms with E-state index in [1.807, 2.05) is 0 Å². The van der Waals surface area contributed by atoms with E-state index < -0.39 is 0 Å². The molecular weight excluding hydrogens is 765 g/mol. The molecule has 0 spiro atoms. The highest BCUT2D eigenvalue weighted by Gasteiger charge is 2.49. The predicted molar refractivity (Wildman–Crippen MR) is 269 cm³/mol. The molecule has 0 saturated heterocycles. The Bertz CT molecular complexity index is 3180. The first-order chi connectivity index (χ1) is 29.8. The summed E-state index contributed by atoms with van der Waals surface area (Å²) >= 11 is 0. The van der Waals surface area contributed by atoms with Gasteiger partial charge in [-0.2, -0.15) is 0 Å². The first-order valence-electron chi connectivity index (χ1n) is 22.8. The fraction of sp³-hybridized carbons (Fsp3) is 0.276. The van der Waals surface area contributed by atoms with E-state index in [0.717, 1.165) is 34.1 Å². The van der Waals surface area contributed by atoms with Crippen LogP contribution in [0.15, 0.2) is 133 Å². The molecule has 0 bridgehead atoms. The summed E-state index contributed by atoms with van der Waals surface area (Å²) in [7, 11) is 0. The average Bonchev–Trinajstić information content (AvgIpc) is 3.55. The molecular formula is C58H58BN3O. The van der Waals surface area contributed by atoms with Gasteiger partial charge in [0.25, 0.3) is 0 Å². The van der Waals surface area contributed by atoms with Crippen LogP contribution in [0.2, 0.25) is 0 Å². The van der Waals surface area contributed by atoms with E-state index in [-0.39, 0.29) is 28.5 Å². The van der Waals surface area contributed by atoms with Gasteiger partial charge in [-0.05, 0) is 121 Å². The van der Waals surface area contributed by atoms with Crippen molar-refractivity contribution in [1.29, 1.82) is 0 Å². The van der Waals surface area contributed by atoms with Crippen LogP contribution in [0.3, 0.4) is 0 Å². The third-order valence-electron chi connectivity index (χ3n) is 13.9. The SMILES string of the molecule is CC(C)(C)c1ccc(N2c3cc(C(C)(C)C)ccc3B3c4c(cc(C(C)(C)C)cc42)-c2cc(C(C)(C)C)cc4c2N3c2cc3c5ccccc5n(-c5ccccc5)c3cc2O4)cc1. The molecule has 314 valence electrons. The van der Waals surface area contributed by atoms with Crippen LogP contribution >= 0.6 is 0 Å². The Kier molecular flexibility index (Phi) is 8.29. The second kappa shape index (κ2) is 13.2. The van der Waals surface area contributed by atoms with Gasteiger partial charge in [0.1, 0.15) is 0 Å². The maximum atomic E-state index is 7.32. The van der Waals surface area contributed by atoms with Gasteiger partial charge in [-0.3, -0.25) is 0 Å². The molecule has 7 aromatic carbocycles. The van der Waals surface area contributed by atoms with Gasteiger partial charge in [0.2, 0.25) is 0 Å². The summed E-state index contributed by atoms with van der Waals surface area (Å²) in [5.74, 6) is 1.78. The van der Waals surface area contributed by atoms with Gasteiger partial charge in [0, 0.05) is 45.2 Å². The Morgan fingerprint density at radius 2 is 1.03 bits per heavy atom. The summed E-state index contributed by atoms with van der Waals surface area (Å²) in [5.41, 5.74) is 19.5. The Morgan fingerprint density at radius 1 is 0.429 bits per heavy atom. The zero-order valence-corrected chi connectivity index (χ0v) is 39.0. The molecule has 4 heterocycles. The van der Waals surface area contributed by atoms with E-state index in [9.17, 15) is 0 Å². The number of para-hydroxylation sites is 2. The van der Waals surface area contributed by atoms with E-state index >= 15 is 0 Å². The zero-order valence-electron chi connectivity index (χ0n) is 39.0. The van der Waals surface area contributed by atoms with E-state index in [0.29, 0.717) is 0 Å². The summed E-state index contributed by atoms with van der Waals surface area (Å²) in [6.45, 7) is 27.8. The molecule has 0 aliphatic carbocycles. The van der Waals surface area contributed by atoms with E-state index in [1.54, 1.807) is 0 Å². The molecule has 0 unspecified atom stereocenters. The molecule has 3 aliphatic rings. The highest BCUT2D eigenvalue weighted by Crippen LogP contribution is 2.58. The zero-order chi connectivity index (χ0) is 44.1. The monoisotopic (exact) mass is 823 g/mol. The maximum Gasteiger partial charge on any atom is 0.333 e. The minimum absolute atomic E-state index is 0.0445. The van der Waals surface area contributed by atoms with Gasteiger partial charge < -0.3 is 19.0 Å². The highest BCUT2D eigenvalue weighted by atomic mass is 16.5. The Labute approximate surface area is 374 Å². The van der Waals surface area contributed by atoms with Crippen LogP contribution in [0.25, 0.3) is 38.6 Å². The van der Waals surface area contributed by atoms with Crippen molar-refractivity contribution in [2.24, 2.45) is 0 Å². The predicted octanol–water partition coefficient (Wildman–Crippen LogP) is 14.8. The number of rotatable bonds is 2. The van der Waals surface area contributed by atoms with Crippen LogP contribution in [0.1, 0.15) is 105 Å². The lowest BCUT2D eigenvalue weighted by atomic mass is 9.43. The van der Waals surface area contributed by atoms with Crippen LogP contribution in [0.4, 0.5) is 28.4 Å². The first kappa shape index (κ1) is 39.6. The summed E-state index contributed by atoms with van der Waals surface area (Å²) in [6, 6.07) is 50.8. The molecule has 3 aliphatic heterocycles. The second-order valence-corrected chi connectivity index (χ2v) is 22.4. The molecule has 8 aromatic rings. The minimum Gasteiger partial charge on any atom is -0.453 e. The van der Waals surface area contributed by atoms with Crippen LogP contribution in [0.5, 0.6) is 11.5 Å². The van der Waals surface area contributed by atoms with Crippen molar-refractivity contribution in [1.82, 2.24) is 4.57 Å². The van der Waals surface area contributed by atoms with Crippen molar-refractivity contribution in [3.05, 3.63) is 156 Å². The van der Waals surface area contributed by atoms with E-state index in [4.69, 9.17) is 4.74 Å². The molecule has 63 heavy (non-hydrogen) atoms. The standard InChI is InChI=1S/C58H58BN3O/c1-55(2,3)35-22-25-40(26-23-35)61-48-30-36(56(4,5)6)24-27-45(48)59-53-43(28-37(31-50(53)61)57(7,8)9)44-29-38(58(10,11)12)32-52-54(44)62(59)49-33-42-41-20-16-17-21-46(41)60(39-18-14-13-15-19-39)47(42)34-51(49)63-52/h13-34H,1-12H3. The van der Waals surface area contributed by atoms with Gasteiger partial charge in [-0.15, -0.1) is 0 Å². The Hall–Kier alpha value is -6.20. The normalized spacial score (nSPS) is 14.4. The number of nitrogens with zero attached hydrogens (tertiary/aromatic N) is 3. The van der Waals surface area contributed by atoms with Gasteiger partial charge in [0.15, 0.2) is 11.5 Å². The molecule has 4 nitrogen and oxygen atoms in total. The average molecular weight is 824 g/mol. The number of hydrogen-bond donors (Lipinski definition) is 0. The topological polar surface area (TPSA) is 20.6 Å². The third kappa shape index (κ3) is 6.02. The number of ether oxygens (including phenoxy) is 1. The lowest BCUT2D eigenvalue weighted by Gasteiger charge is -2.48.